The number of carbonyl (C=O) groups is 1. The molecular formula is C17H22N4O2S. The Kier molecular flexibility index (Phi) is 4.39. The molecule has 1 aliphatic carbocycles. The van der Waals surface area contributed by atoms with Crippen LogP contribution in [0.5, 0.6) is 0 Å². The number of β-amino-alcohol motifs (C(OH)–C–C–N with tert-alkyl or cyclic N) is 1. The molecular weight excluding hydrogens is 324 g/mol. The second kappa shape index (κ2) is 6.66. The number of rotatable bonds is 4. The maximum Gasteiger partial charge on any atom is 0.254 e. The van der Waals surface area contributed by atoms with E-state index in [9.17, 15) is 9.90 Å². The molecule has 6 nitrogen and oxygen atoms in total. The standard InChI is InChI=1S/C17H22N4O2S/c22-16-9-19(8-15-7-18-12-21(15)14-1-2-14)4-5-20(10-16)17(23)13-3-6-24-11-13/h3,6-7,11-12,14,16,22H,1-2,4-5,8-10H2. The van der Waals surface area contributed by atoms with Crippen LogP contribution < -0.4 is 0 Å². The van der Waals surface area contributed by atoms with Crippen LogP contribution in [0, 0.1) is 0 Å². The number of carbonyl (C=O) groups excluding carboxylic acids is 1. The van der Waals surface area contributed by atoms with Gasteiger partial charge in [0, 0.05) is 50.3 Å². The molecule has 1 N–H and O–H groups in total. The average molecular weight is 346 g/mol. The fourth-order valence-electron chi connectivity index (χ4n) is 3.32. The van der Waals surface area contributed by atoms with Crippen molar-refractivity contribution in [2.45, 2.75) is 31.5 Å². The highest BCUT2D eigenvalue weighted by atomic mass is 32.1. The first-order valence-corrected chi connectivity index (χ1v) is 9.37. The zero-order chi connectivity index (χ0) is 16.5. The smallest absolute Gasteiger partial charge is 0.254 e. The lowest BCUT2D eigenvalue weighted by atomic mass is 10.2. The van der Waals surface area contributed by atoms with Crippen LogP contribution in [0.2, 0.25) is 0 Å². The minimum atomic E-state index is -0.521. The first-order chi connectivity index (χ1) is 11.7. The number of aromatic nitrogens is 2. The van der Waals surface area contributed by atoms with Crippen molar-refractivity contribution in [1.82, 2.24) is 19.4 Å². The van der Waals surface area contributed by atoms with Crippen molar-refractivity contribution >= 4 is 17.2 Å². The van der Waals surface area contributed by atoms with Crippen molar-refractivity contribution in [3.63, 3.8) is 0 Å². The highest BCUT2D eigenvalue weighted by molar-refractivity contribution is 7.08. The highest BCUT2D eigenvalue weighted by Crippen LogP contribution is 2.35. The normalized spacial score (nSPS) is 22.5. The zero-order valence-electron chi connectivity index (χ0n) is 13.5. The first-order valence-electron chi connectivity index (χ1n) is 8.43. The zero-order valence-corrected chi connectivity index (χ0v) is 14.4. The van der Waals surface area contributed by atoms with Crippen LogP contribution in [0.4, 0.5) is 0 Å². The van der Waals surface area contributed by atoms with Crippen molar-refractivity contribution < 1.29 is 9.90 Å². The van der Waals surface area contributed by atoms with E-state index in [2.05, 4.69) is 14.5 Å². The molecule has 1 amide bonds. The number of thiophene rings is 1. The first kappa shape index (κ1) is 15.8. The molecule has 1 aliphatic heterocycles. The van der Waals surface area contributed by atoms with E-state index >= 15 is 0 Å². The SMILES string of the molecule is O=C(c1ccsc1)N1CCN(Cc2cncn2C2CC2)CC(O)C1. The van der Waals surface area contributed by atoms with Gasteiger partial charge in [0.1, 0.15) is 0 Å². The van der Waals surface area contributed by atoms with Gasteiger partial charge in [-0.2, -0.15) is 11.3 Å². The van der Waals surface area contributed by atoms with Gasteiger partial charge in [-0.25, -0.2) is 4.98 Å². The summed E-state index contributed by atoms with van der Waals surface area (Å²) in [5.41, 5.74) is 1.91. The number of imidazole rings is 1. The summed E-state index contributed by atoms with van der Waals surface area (Å²) in [7, 11) is 0. The largest absolute Gasteiger partial charge is 0.390 e. The predicted octanol–water partition coefficient (Wildman–Crippen LogP) is 1.60. The number of hydrogen-bond donors (Lipinski definition) is 1. The van der Waals surface area contributed by atoms with Crippen LogP contribution in [0.15, 0.2) is 29.4 Å². The lowest BCUT2D eigenvalue weighted by molar-refractivity contribution is 0.0663. The van der Waals surface area contributed by atoms with Crippen LogP contribution in [-0.2, 0) is 6.54 Å². The molecule has 4 rings (SSSR count). The Morgan fingerprint density at radius 3 is 2.96 bits per heavy atom. The number of aliphatic hydroxyl groups excluding tert-OH is 1. The van der Waals surface area contributed by atoms with Crippen molar-refractivity contribution in [3.8, 4) is 0 Å². The monoisotopic (exact) mass is 346 g/mol. The van der Waals surface area contributed by atoms with Crippen molar-refractivity contribution in [2.75, 3.05) is 26.2 Å². The van der Waals surface area contributed by atoms with E-state index in [1.165, 1.54) is 29.9 Å². The van der Waals surface area contributed by atoms with Gasteiger partial charge in [-0.3, -0.25) is 9.69 Å². The van der Waals surface area contributed by atoms with E-state index in [1.807, 2.05) is 29.4 Å². The number of nitrogens with zero attached hydrogens (tertiary/aromatic N) is 4. The Balaban J connectivity index is 1.42. The van der Waals surface area contributed by atoms with Gasteiger partial charge in [0.05, 0.1) is 23.7 Å². The van der Waals surface area contributed by atoms with E-state index in [0.717, 1.165) is 13.1 Å². The lowest BCUT2D eigenvalue weighted by Gasteiger charge is -2.22. The van der Waals surface area contributed by atoms with E-state index in [0.29, 0.717) is 31.2 Å². The number of amides is 1. The average Bonchev–Trinajstić information content (AvgIpc) is 3.12. The molecule has 2 aromatic rings. The summed E-state index contributed by atoms with van der Waals surface area (Å²) in [6, 6.07) is 2.45. The molecule has 1 saturated heterocycles. The molecule has 2 aliphatic rings. The van der Waals surface area contributed by atoms with Gasteiger partial charge in [-0.1, -0.05) is 0 Å². The molecule has 2 fully saturated rings. The second-order valence-electron chi connectivity index (χ2n) is 6.68. The second-order valence-corrected chi connectivity index (χ2v) is 7.46. The summed E-state index contributed by atoms with van der Waals surface area (Å²) >= 11 is 1.52. The molecule has 1 saturated carbocycles. The Morgan fingerprint density at radius 1 is 1.33 bits per heavy atom. The Hall–Kier alpha value is -1.70. The van der Waals surface area contributed by atoms with Crippen LogP contribution in [0.1, 0.15) is 34.9 Å². The quantitative estimate of drug-likeness (QED) is 0.913. The van der Waals surface area contributed by atoms with Crippen molar-refractivity contribution in [2.24, 2.45) is 0 Å². The van der Waals surface area contributed by atoms with Crippen LogP contribution in [0.25, 0.3) is 0 Å². The molecule has 24 heavy (non-hydrogen) atoms. The van der Waals surface area contributed by atoms with Crippen molar-refractivity contribution in [1.29, 1.82) is 0 Å². The van der Waals surface area contributed by atoms with Gasteiger partial charge < -0.3 is 14.6 Å². The van der Waals surface area contributed by atoms with Gasteiger partial charge in [0.25, 0.3) is 5.91 Å². The molecule has 0 aromatic carbocycles. The third-order valence-electron chi connectivity index (χ3n) is 4.71. The number of aliphatic hydroxyl groups is 1. The Morgan fingerprint density at radius 2 is 2.21 bits per heavy atom. The van der Waals surface area contributed by atoms with Gasteiger partial charge in [-0.05, 0) is 24.3 Å². The van der Waals surface area contributed by atoms with E-state index in [1.54, 1.807) is 4.90 Å². The summed E-state index contributed by atoms with van der Waals surface area (Å²) in [5.74, 6) is 0.0140. The molecule has 2 aromatic heterocycles. The molecule has 0 bridgehead atoms. The minimum absolute atomic E-state index is 0.0140. The maximum atomic E-state index is 12.5. The molecule has 1 atom stereocenters. The lowest BCUT2D eigenvalue weighted by Crippen LogP contribution is -2.37. The maximum absolute atomic E-state index is 12.5. The molecule has 0 spiro atoms. The van der Waals surface area contributed by atoms with Crippen LogP contribution in [0.3, 0.4) is 0 Å². The Bertz CT molecular complexity index is 695. The molecule has 7 heteroatoms. The summed E-state index contributed by atoms with van der Waals surface area (Å²) < 4.78 is 2.26. The van der Waals surface area contributed by atoms with Crippen LogP contribution >= 0.6 is 11.3 Å². The third kappa shape index (κ3) is 3.38. The van der Waals surface area contributed by atoms with E-state index in [4.69, 9.17) is 0 Å². The predicted molar refractivity (Wildman–Crippen MR) is 92.0 cm³/mol. The van der Waals surface area contributed by atoms with Gasteiger partial charge >= 0.3 is 0 Å². The van der Waals surface area contributed by atoms with Crippen molar-refractivity contribution in [3.05, 3.63) is 40.6 Å². The van der Waals surface area contributed by atoms with Crippen LogP contribution in [-0.4, -0.2) is 62.6 Å². The fourth-order valence-corrected chi connectivity index (χ4v) is 3.95. The molecule has 0 radical (unpaired) electrons. The van der Waals surface area contributed by atoms with E-state index < -0.39 is 6.10 Å². The Labute approximate surface area is 145 Å². The van der Waals surface area contributed by atoms with E-state index in [-0.39, 0.29) is 5.91 Å². The van der Waals surface area contributed by atoms with Gasteiger partial charge in [0.2, 0.25) is 0 Å². The van der Waals surface area contributed by atoms with Gasteiger partial charge in [-0.15, -0.1) is 0 Å². The summed E-state index contributed by atoms with van der Waals surface area (Å²) in [5, 5.41) is 14.1. The molecule has 128 valence electrons. The topological polar surface area (TPSA) is 61.6 Å². The van der Waals surface area contributed by atoms with Gasteiger partial charge in [0.15, 0.2) is 0 Å². The molecule has 1 unspecified atom stereocenters. The highest BCUT2D eigenvalue weighted by Gasteiger charge is 2.28. The fraction of sp³-hybridized carbons (Fsp3) is 0.529. The summed E-state index contributed by atoms with van der Waals surface area (Å²) in [6.45, 7) is 3.16. The summed E-state index contributed by atoms with van der Waals surface area (Å²) in [4.78, 5) is 20.8. The number of hydrogen-bond acceptors (Lipinski definition) is 5. The third-order valence-corrected chi connectivity index (χ3v) is 5.40. The minimum Gasteiger partial charge on any atom is -0.390 e. The summed E-state index contributed by atoms with van der Waals surface area (Å²) in [6.07, 6.45) is 5.77. The molecule has 3 heterocycles.